The number of nitro benzene ring substituents is 1. The summed E-state index contributed by atoms with van der Waals surface area (Å²) < 4.78 is 0. The van der Waals surface area contributed by atoms with E-state index in [1.54, 1.807) is 12.1 Å². The van der Waals surface area contributed by atoms with Crippen LogP contribution in [0.15, 0.2) is 18.2 Å². The molecule has 0 spiro atoms. The van der Waals surface area contributed by atoms with Crippen LogP contribution < -0.4 is 10.6 Å². The van der Waals surface area contributed by atoms with Gasteiger partial charge in [-0.2, -0.15) is 0 Å². The molecule has 1 aliphatic rings. The first-order valence-electron chi connectivity index (χ1n) is 6.73. The lowest BCUT2D eigenvalue weighted by atomic mass is 9.86. The van der Waals surface area contributed by atoms with Gasteiger partial charge in [-0.15, -0.1) is 0 Å². The maximum absolute atomic E-state index is 10.8. The van der Waals surface area contributed by atoms with Crippen molar-refractivity contribution in [3.05, 3.63) is 33.9 Å². The summed E-state index contributed by atoms with van der Waals surface area (Å²) >= 11 is 0. The van der Waals surface area contributed by atoms with Crippen molar-refractivity contribution in [1.82, 2.24) is 0 Å². The van der Waals surface area contributed by atoms with Gasteiger partial charge in [-0.3, -0.25) is 10.1 Å². The Morgan fingerprint density at radius 2 is 2.26 bits per heavy atom. The second-order valence-electron chi connectivity index (χ2n) is 5.44. The zero-order valence-corrected chi connectivity index (χ0v) is 11.5. The van der Waals surface area contributed by atoms with Crippen molar-refractivity contribution in [2.45, 2.75) is 20.3 Å². The van der Waals surface area contributed by atoms with Crippen molar-refractivity contribution in [3.63, 3.8) is 0 Å². The van der Waals surface area contributed by atoms with Gasteiger partial charge in [-0.25, -0.2) is 0 Å². The molecule has 2 N–H and O–H groups in total. The largest absolute Gasteiger partial charge is 0.371 e. The van der Waals surface area contributed by atoms with Gasteiger partial charge in [0.15, 0.2) is 0 Å². The van der Waals surface area contributed by atoms with Crippen molar-refractivity contribution in [3.8, 4) is 0 Å². The highest BCUT2D eigenvalue weighted by atomic mass is 16.6. The summed E-state index contributed by atoms with van der Waals surface area (Å²) in [5.74, 6) is 1.16. The molecule has 104 valence electrons. The second-order valence-corrected chi connectivity index (χ2v) is 5.44. The molecule has 5 heteroatoms. The summed E-state index contributed by atoms with van der Waals surface area (Å²) in [5.41, 5.74) is 8.03. The third-order valence-electron chi connectivity index (χ3n) is 4.15. The average Bonchev–Trinajstić information content (AvgIpc) is 2.39. The number of benzene rings is 1. The Morgan fingerprint density at radius 3 is 2.84 bits per heavy atom. The van der Waals surface area contributed by atoms with Crippen LogP contribution in [0.4, 0.5) is 11.4 Å². The highest BCUT2D eigenvalue weighted by molar-refractivity contribution is 5.57. The van der Waals surface area contributed by atoms with Gasteiger partial charge in [0, 0.05) is 30.9 Å². The van der Waals surface area contributed by atoms with E-state index in [0.717, 1.165) is 30.8 Å². The number of non-ortho nitro benzene ring substituents is 1. The Hall–Kier alpha value is -1.62. The fraction of sp³-hybridized carbons (Fsp3) is 0.571. The average molecular weight is 263 g/mol. The minimum atomic E-state index is -0.349. The lowest BCUT2D eigenvalue weighted by molar-refractivity contribution is -0.384. The van der Waals surface area contributed by atoms with E-state index in [-0.39, 0.29) is 10.6 Å². The lowest BCUT2D eigenvalue weighted by Crippen LogP contribution is -2.42. The number of aryl methyl sites for hydroxylation is 1. The minimum absolute atomic E-state index is 0.155. The van der Waals surface area contributed by atoms with Crippen LogP contribution in [0, 0.1) is 28.9 Å². The molecule has 19 heavy (non-hydrogen) atoms. The molecule has 1 saturated heterocycles. The van der Waals surface area contributed by atoms with Crippen LogP contribution in [0.25, 0.3) is 0 Å². The van der Waals surface area contributed by atoms with E-state index in [0.29, 0.717) is 18.4 Å². The smallest absolute Gasteiger partial charge is 0.269 e. The molecule has 1 aromatic carbocycles. The predicted octanol–water partition coefficient (Wildman–Crippen LogP) is 2.32. The fourth-order valence-electron chi connectivity index (χ4n) is 2.78. The molecule has 0 saturated carbocycles. The Kier molecular flexibility index (Phi) is 4.04. The minimum Gasteiger partial charge on any atom is -0.371 e. The molecule has 0 aliphatic carbocycles. The van der Waals surface area contributed by atoms with Gasteiger partial charge in [0.2, 0.25) is 0 Å². The fourth-order valence-corrected chi connectivity index (χ4v) is 2.78. The van der Waals surface area contributed by atoms with Crippen molar-refractivity contribution >= 4 is 11.4 Å². The first-order valence-corrected chi connectivity index (χ1v) is 6.73. The van der Waals surface area contributed by atoms with Gasteiger partial charge in [0.05, 0.1) is 4.92 Å². The van der Waals surface area contributed by atoms with Crippen LogP contribution in [-0.4, -0.2) is 24.6 Å². The van der Waals surface area contributed by atoms with Crippen LogP contribution >= 0.6 is 0 Å². The molecule has 1 aromatic rings. The number of nitrogens with zero attached hydrogens (tertiary/aromatic N) is 2. The van der Waals surface area contributed by atoms with E-state index in [1.165, 1.54) is 0 Å². The number of hydrogen-bond acceptors (Lipinski definition) is 4. The third kappa shape index (κ3) is 2.87. The molecular formula is C14H21N3O2. The number of rotatable bonds is 3. The summed E-state index contributed by atoms with van der Waals surface area (Å²) in [5, 5.41) is 10.8. The highest BCUT2D eigenvalue weighted by Crippen LogP contribution is 2.30. The summed E-state index contributed by atoms with van der Waals surface area (Å²) in [6.07, 6.45) is 1.12. The van der Waals surface area contributed by atoms with Crippen LogP contribution in [0.2, 0.25) is 0 Å². The molecule has 1 fully saturated rings. The number of piperidine rings is 1. The number of nitrogens with two attached hydrogens (primary N) is 1. The summed E-state index contributed by atoms with van der Waals surface area (Å²) in [6.45, 7) is 6.81. The van der Waals surface area contributed by atoms with Crippen LogP contribution in [-0.2, 0) is 0 Å². The van der Waals surface area contributed by atoms with Gasteiger partial charge in [-0.05, 0) is 43.4 Å². The standard InChI is InChI=1S/C14H21N3O2/c1-10-5-6-16(9-12(10)8-15)14-4-3-13(17(18)19)7-11(14)2/h3-4,7,10,12H,5-6,8-9,15H2,1-2H3. The van der Waals surface area contributed by atoms with Crippen LogP contribution in [0.5, 0.6) is 0 Å². The Bertz CT molecular complexity index is 476. The van der Waals surface area contributed by atoms with E-state index in [1.807, 2.05) is 13.0 Å². The zero-order valence-electron chi connectivity index (χ0n) is 11.5. The van der Waals surface area contributed by atoms with Gasteiger partial charge in [0.1, 0.15) is 0 Å². The van der Waals surface area contributed by atoms with Crippen LogP contribution in [0.1, 0.15) is 18.9 Å². The van der Waals surface area contributed by atoms with Crippen molar-refractivity contribution in [2.75, 3.05) is 24.5 Å². The Morgan fingerprint density at radius 1 is 1.53 bits per heavy atom. The van der Waals surface area contributed by atoms with E-state index < -0.39 is 0 Å². The molecule has 2 atom stereocenters. The molecule has 1 heterocycles. The summed E-state index contributed by atoms with van der Waals surface area (Å²) in [6, 6.07) is 5.08. The Balaban J connectivity index is 2.20. The van der Waals surface area contributed by atoms with E-state index >= 15 is 0 Å². The molecule has 0 radical (unpaired) electrons. The van der Waals surface area contributed by atoms with Crippen molar-refractivity contribution < 1.29 is 4.92 Å². The maximum Gasteiger partial charge on any atom is 0.269 e. The van der Waals surface area contributed by atoms with Crippen molar-refractivity contribution in [2.24, 2.45) is 17.6 Å². The monoisotopic (exact) mass is 263 g/mol. The second kappa shape index (κ2) is 5.57. The number of anilines is 1. The van der Waals surface area contributed by atoms with Gasteiger partial charge in [-0.1, -0.05) is 6.92 Å². The molecule has 0 aromatic heterocycles. The first kappa shape index (κ1) is 13.8. The molecule has 0 amide bonds. The number of hydrogen-bond donors (Lipinski definition) is 1. The lowest BCUT2D eigenvalue weighted by Gasteiger charge is -2.38. The van der Waals surface area contributed by atoms with Gasteiger partial charge < -0.3 is 10.6 Å². The van der Waals surface area contributed by atoms with Gasteiger partial charge in [0.25, 0.3) is 5.69 Å². The zero-order chi connectivity index (χ0) is 14.0. The highest BCUT2D eigenvalue weighted by Gasteiger charge is 2.26. The predicted molar refractivity (Wildman–Crippen MR) is 76.4 cm³/mol. The first-order chi connectivity index (χ1) is 9.02. The van der Waals surface area contributed by atoms with E-state index in [2.05, 4.69) is 11.8 Å². The molecule has 0 bridgehead atoms. The maximum atomic E-state index is 10.8. The topological polar surface area (TPSA) is 72.4 Å². The number of nitro groups is 1. The van der Waals surface area contributed by atoms with Crippen molar-refractivity contribution in [1.29, 1.82) is 0 Å². The molecule has 2 rings (SSSR count). The quantitative estimate of drug-likeness (QED) is 0.671. The SMILES string of the molecule is Cc1cc([N+](=O)[O-])ccc1N1CCC(C)C(CN)C1. The van der Waals surface area contributed by atoms with Gasteiger partial charge >= 0.3 is 0 Å². The summed E-state index contributed by atoms with van der Waals surface area (Å²) in [4.78, 5) is 12.7. The van der Waals surface area contributed by atoms with E-state index in [4.69, 9.17) is 5.73 Å². The normalized spacial score (nSPS) is 23.4. The van der Waals surface area contributed by atoms with Crippen LogP contribution in [0.3, 0.4) is 0 Å². The molecule has 2 unspecified atom stereocenters. The molecule has 1 aliphatic heterocycles. The Labute approximate surface area is 113 Å². The third-order valence-corrected chi connectivity index (χ3v) is 4.15. The molecular weight excluding hydrogens is 242 g/mol. The summed E-state index contributed by atoms with van der Waals surface area (Å²) in [7, 11) is 0. The molecule has 5 nitrogen and oxygen atoms in total. The van der Waals surface area contributed by atoms with E-state index in [9.17, 15) is 10.1 Å².